The number of fused-ring (bicyclic) bond motifs is 2. The Bertz CT molecular complexity index is 1160. The number of anilines is 1. The molecule has 5 N–H and O–H groups in total. The van der Waals surface area contributed by atoms with Crippen molar-refractivity contribution in [3.8, 4) is 5.75 Å². The van der Waals surface area contributed by atoms with E-state index in [1.54, 1.807) is 18.2 Å². The van der Waals surface area contributed by atoms with Crippen molar-refractivity contribution >= 4 is 34.9 Å². The molecule has 5 rings (SSSR count). The zero-order valence-electron chi connectivity index (χ0n) is 18.7. The van der Waals surface area contributed by atoms with Crippen molar-refractivity contribution in [2.75, 3.05) is 18.4 Å². The number of hydrogen-bond acceptors (Lipinski definition) is 6. The fourth-order valence-electron chi connectivity index (χ4n) is 5.13. The molecule has 2 fully saturated rings. The van der Waals surface area contributed by atoms with Gasteiger partial charge in [0.25, 0.3) is 0 Å². The van der Waals surface area contributed by atoms with Gasteiger partial charge in [0.15, 0.2) is 11.9 Å². The maximum atomic E-state index is 13.8. The van der Waals surface area contributed by atoms with E-state index in [9.17, 15) is 14.4 Å². The Morgan fingerprint density at radius 1 is 1.18 bits per heavy atom. The Morgan fingerprint density at radius 2 is 1.97 bits per heavy atom. The summed E-state index contributed by atoms with van der Waals surface area (Å²) in [5.74, 6) is 0.537. The second-order valence-electron chi connectivity index (χ2n) is 9.19. The molecule has 2 aromatic rings. The molecule has 2 amide bonds. The van der Waals surface area contributed by atoms with Gasteiger partial charge in [-0.25, -0.2) is 4.79 Å². The predicted octanol–water partition coefficient (Wildman–Crippen LogP) is 2.92. The van der Waals surface area contributed by atoms with Crippen molar-refractivity contribution in [2.24, 2.45) is 5.73 Å². The van der Waals surface area contributed by atoms with Crippen molar-refractivity contribution < 1.29 is 19.1 Å². The highest BCUT2D eigenvalue weighted by atomic mass is 35.5. The third kappa shape index (κ3) is 4.06. The average molecular weight is 483 g/mol. The van der Waals surface area contributed by atoms with E-state index in [-0.39, 0.29) is 11.6 Å². The molecule has 34 heavy (non-hydrogen) atoms. The van der Waals surface area contributed by atoms with Crippen molar-refractivity contribution in [1.82, 2.24) is 10.6 Å². The van der Waals surface area contributed by atoms with Gasteiger partial charge in [-0.05, 0) is 62.2 Å². The SMILES string of the molecule is NCc1ccc2c(c1)C1(CCNCC1)C(C(=O)c1cc(Cl)cc(NC(=O)NC3CCC3=O)c1)O2. The van der Waals surface area contributed by atoms with E-state index in [1.165, 1.54) is 0 Å². The molecule has 178 valence electrons. The highest BCUT2D eigenvalue weighted by molar-refractivity contribution is 6.31. The van der Waals surface area contributed by atoms with Crippen LogP contribution in [0.5, 0.6) is 5.75 Å². The zero-order chi connectivity index (χ0) is 23.9. The lowest BCUT2D eigenvalue weighted by molar-refractivity contribution is -0.126. The van der Waals surface area contributed by atoms with Gasteiger partial charge in [0.2, 0.25) is 5.78 Å². The second-order valence-corrected chi connectivity index (χ2v) is 9.62. The van der Waals surface area contributed by atoms with Gasteiger partial charge in [-0.3, -0.25) is 9.59 Å². The number of nitrogens with one attached hydrogen (secondary N) is 3. The summed E-state index contributed by atoms with van der Waals surface area (Å²) in [4.78, 5) is 37.6. The van der Waals surface area contributed by atoms with Crippen molar-refractivity contribution in [2.45, 2.75) is 49.8 Å². The summed E-state index contributed by atoms with van der Waals surface area (Å²) in [7, 11) is 0. The summed E-state index contributed by atoms with van der Waals surface area (Å²) in [5, 5.41) is 9.02. The largest absolute Gasteiger partial charge is 0.481 e. The number of ether oxygens (including phenoxy) is 1. The van der Waals surface area contributed by atoms with E-state index in [0.29, 0.717) is 41.4 Å². The fraction of sp³-hybridized carbons (Fsp3) is 0.400. The van der Waals surface area contributed by atoms with Gasteiger partial charge in [0.05, 0.1) is 6.04 Å². The summed E-state index contributed by atoms with van der Waals surface area (Å²) in [6.45, 7) is 1.97. The van der Waals surface area contributed by atoms with Crippen LogP contribution in [0.3, 0.4) is 0 Å². The van der Waals surface area contributed by atoms with Crippen LogP contribution < -0.4 is 26.4 Å². The monoisotopic (exact) mass is 482 g/mol. The number of benzene rings is 2. The Morgan fingerprint density at radius 3 is 2.65 bits per heavy atom. The van der Waals surface area contributed by atoms with Crippen LogP contribution in [0.15, 0.2) is 36.4 Å². The first-order valence-electron chi connectivity index (χ1n) is 11.6. The normalized spacial score (nSPS) is 22.5. The molecular formula is C25H27ClN4O4. The third-order valence-corrected chi connectivity index (χ3v) is 7.33. The third-order valence-electron chi connectivity index (χ3n) is 7.11. The van der Waals surface area contributed by atoms with Gasteiger partial charge in [0.1, 0.15) is 5.75 Å². The molecule has 9 heteroatoms. The number of urea groups is 1. The second kappa shape index (κ2) is 9.02. The molecule has 1 aliphatic carbocycles. The number of carbonyl (C=O) groups is 3. The topological polar surface area (TPSA) is 123 Å². The van der Waals surface area contributed by atoms with E-state index >= 15 is 0 Å². The van der Waals surface area contributed by atoms with E-state index in [1.807, 2.05) is 12.1 Å². The highest BCUT2D eigenvalue weighted by Crippen LogP contribution is 2.49. The summed E-state index contributed by atoms with van der Waals surface area (Å²) in [6.07, 6.45) is 1.93. The first-order valence-corrected chi connectivity index (χ1v) is 11.9. The number of ketones is 2. The maximum absolute atomic E-state index is 13.8. The van der Waals surface area contributed by atoms with Gasteiger partial charge < -0.3 is 26.4 Å². The number of Topliss-reactive ketones (excluding diaryl/α,β-unsaturated/α-hetero) is 2. The quantitative estimate of drug-likeness (QED) is 0.486. The van der Waals surface area contributed by atoms with Crippen LogP contribution in [0.2, 0.25) is 5.02 Å². The minimum absolute atomic E-state index is 0.0140. The summed E-state index contributed by atoms with van der Waals surface area (Å²) in [6, 6.07) is 9.68. The predicted molar refractivity (Wildman–Crippen MR) is 128 cm³/mol. The molecule has 1 saturated carbocycles. The van der Waals surface area contributed by atoms with Crippen molar-refractivity contribution in [1.29, 1.82) is 0 Å². The summed E-state index contributed by atoms with van der Waals surface area (Å²) in [5.41, 5.74) is 8.18. The van der Waals surface area contributed by atoms with Crippen LogP contribution in [0, 0.1) is 0 Å². The number of hydrogen-bond donors (Lipinski definition) is 4. The lowest BCUT2D eigenvalue weighted by Crippen LogP contribution is -2.50. The number of piperidine rings is 1. The molecular weight excluding hydrogens is 456 g/mol. The van der Waals surface area contributed by atoms with Crippen LogP contribution in [-0.4, -0.2) is 42.8 Å². The smallest absolute Gasteiger partial charge is 0.319 e. The van der Waals surface area contributed by atoms with Crippen LogP contribution in [0.25, 0.3) is 0 Å². The van der Waals surface area contributed by atoms with Crippen LogP contribution >= 0.6 is 11.6 Å². The lowest BCUT2D eigenvalue weighted by Gasteiger charge is -2.37. The Balaban J connectivity index is 1.42. The van der Waals surface area contributed by atoms with Gasteiger partial charge >= 0.3 is 6.03 Å². The molecule has 0 radical (unpaired) electrons. The van der Waals surface area contributed by atoms with E-state index < -0.39 is 23.6 Å². The number of nitrogens with two attached hydrogens (primary N) is 1. The molecule has 2 heterocycles. The molecule has 8 nitrogen and oxygen atoms in total. The number of halogens is 1. The van der Waals surface area contributed by atoms with Gasteiger partial charge in [-0.1, -0.05) is 23.7 Å². The number of rotatable bonds is 5. The maximum Gasteiger partial charge on any atom is 0.319 e. The summed E-state index contributed by atoms with van der Waals surface area (Å²) >= 11 is 6.31. The minimum atomic E-state index is -0.703. The van der Waals surface area contributed by atoms with Crippen molar-refractivity contribution in [3.63, 3.8) is 0 Å². The fourth-order valence-corrected chi connectivity index (χ4v) is 5.36. The molecule has 2 atom stereocenters. The van der Waals surface area contributed by atoms with Crippen LogP contribution in [-0.2, 0) is 16.8 Å². The number of amides is 2. The van der Waals surface area contributed by atoms with Gasteiger partial charge in [-0.15, -0.1) is 0 Å². The Labute approximate surface area is 202 Å². The highest BCUT2D eigenvalue weighted by Gasteiger charge is 2.52. The van der Waals surface area contributed by atoms with Crippen LogP contribution in [0.1, 0.15) is 47.2 Å². The standard InChI is InChI=1S/C25H27ClN4O4/c26-16-10-15(11-17(12-16)29-24(33)30-19-2-3-20(19)31)22(32)23-25(5-7-28-8-6-25)18-9-14(13-27)1-4-21(18)34-23/h1,4,9-12,19,23,28H,2-3,5-8,13,27H2,(H2,29,30,33). The molecule has 0 aromatic heterocycles. The minimum Gasteiger partial charge on any atom is -0.481 e. The first-order chi connectivity index (χ1) is 16.4. The van der Waals surface area contributed by atoms with E-state index in [4.69, 9.17) is 22.1 Å². The molecule has 3 aliphatic rings. The van der Waals surface area contributed by atoms with Crippen LogP contribution in [0.4, 0.5) is 10.5 Å². The number of carbonyl (C=O) groups excluding carboxylic acids is 3. The van der Waals surface area contributed by atoms with E-state index in [2.05, 4.69) is 22.0 Å². The van der Waals surface area contributed by atoms with E-state index in [0.717, 1.165) is 37.1 Å². The first kappa shape index (κ1) is 22.8. The Kier molecular flexibility index (Phi) is 6.06. The molecule has 1 spiro atoms. The Hall–Kier alpha value is -2.94. The van der Waals surface area contributed by atoms with Gasteiger partial charge in [-0.2, -0.15) is 0 Å². The molecule has 2 aliphatic heterocycles. The average Bonchev–Trinajstić information content (AvgIpc) is 3.13. The molecule has 1 saturated heterocycles. The molecule has 2 aromatic carbocycles. The van der Waals surface area contributed by atoms with Gasteiger partial charge in [0, 0.05) is 40.2 Å². The molecule has 0 bridgehead atoms. The van der Waals surface area contributed by atoms with Crippen molar-refractivity contribution in [3.05, 3.63) is 58.1 Å². The lowest BCUT2D eigenvalue weighted by atomic mass is 9.68. The summed E-state index contributed by atoms with van der Waals surface area (Å²) < 4.78 is 6.26. The molecule has 2 unspecified atom stereocenters. The zero-order valence-corrected chi connectivity index (χ0v) is 19.4.